The Morgan fingerprint density at radius 2 is 2.05 bits per heavy atom. The maximum atomic E-state index is 12.7. The molecule has 3 unspecified atom stereocenters. The highest BCUT2D eigenvalue weighted by Gasteiger charge is 2.43. The van der Waals surface area contributed by atoms with Crippen LogP contribution in [0.1, 0.15) is 38.0 Å². The zero-order chi connectivity index (χ0) is 15.4. The average molecular weight is 309 g/mol. The molecule has 1 fully saturated rings. The molecule has 0 saturated heterocycles. The Bertz CT molecular complexity index is 486. The third kappa shape index (κ3) is 3.64. The van der Waals surface area contributed by atoms with E-state index in [9.17, 15) is 14.7 Å². The van der Waals surface area contributed by atoms with Gasteiger partial charge < -0.3 is 10.0 Å². The summed E-state index contributed by atoms with van der Waals surface area (Å²) in [5.41, 5.74) is 0. The zero-order valence-electron chi connectivity index (χ0n) is 12.6. The molecule has 1 heterocycles. The molecule has 2 rings (SSSR count). The van der Waals surface area contributed by atoms with Crippen LogP contribution in [0.2, 0.25) is 0 Å². The quantitative estimate of drug-likeness (QED) is 0.877. The van der Waals surface area contributed by atoms with E-state index in [2.05, 4.69) is 6.92 Å². The lowest BCUT2D eigenvalue weighted by Gasteiger charge is -2.25. The number of rotatable bonds is 6. The van der Waals surface area contributed by atoms with Crippen LogP contribution in [-0.2, 0) is 16.1 Å². The van der Waals surface area contributed by atoms with Crippen LogP contribution in [0.4, 0.5) is 0 Å². The Labute approximate surface area is 129 Å². The molecule has 1 amide bonds. The van der Waals surface area contributed by atoms with Crippen LogP contribution < -0.4 is 0 Å². The molecule has 1 N–H and O–H groups in total. The van der Waals surface area contributed by atoms with Crippen molar-refractivity contribution in [2.75, 3.05) is 6.54 Å². The van der Waals surface area contributed by atoms with Crippen molar-refractivity contribution in [3.05, 3.63) is 22.4 Å². The number of carbonyl (C=O) groups excluding carboxylic acids is 1. The van der Waals surface area contributed by atoms with Crippen LogP contribution in [0.5, 0.6) is 0 Å². The van der Waals surface area contributed by atoms with Gasteiger partial charge in [-0.3, -0.25) is 9.59 Å². The van der Waals surface area contributed by atoms with Gasteiger partial charge >= 0.3 is 5.97 Å². The standard InChI is InChI=1S/C16H23NO3S/c1-3-11-8-13(14(9-11)16(19)20)15(18)17(4-2)10-12-6-5-7-21-12/h5-7,11,13-14H,3-4,8-10H2,1-2H3,(H,19,20). The second-order valence-corrected chi connectivity index (χ2v) is 6.76. The van der Waals surface area contributed by atoms with Crippen LogP contribution in [0.25, 0.3) is 0 Å². The van der Waals surface area contributed by atoms with Gasteiger partial charge in [-0.05, 0) is 37.1 Å². The Balaban J connectivity index is 2.10. The summed E-state index contributed by atoms with van der Waals surface area (Å²) in [5.74, 6) is -1.32. The molecule has 0 spiro atoms. The summed E-state index contributed by atoms with van der Waals surface area (Å²) >= 11 is 1.63. The molecule has 1 aliphatic rings. The van der Waals surface area contributed by atoms with Gasteiger partial charge in [0.25, 0.3) is 0 Å². The first-order valence-corrected chi connectivity index (χ1v) is 8.48. The predicted molar refractivity (Wildman–Crippen MR) is 83.0 cm³/mol. The van der Waals surface area contributed by atoms with Gasteiger partial charge in [-0.15, -0.1) is 11.3 Å². The third-order valence-electron chi connectivity index (χ3n) is 4.49. The number of carboxylic acids is 1. The van der Waals surface area contributed by atoms with Gasteiger partial charge in [0.15, 0.2) is 0 Å². The number of hydrogen-bond donors (Lipinski definition) is 1. The molecular formula is C16H23NO3S. The Morgan fingerprint density at radius 3 is 2.57 bits per heavy atom. The topological polar surface area (TPSA) is 57.6 Å². The summed E-state index contributed by atoms with van der Waals surface area (Å²) in [4.78, 5) is 27.1. The van der Waals surface area contributed by atoms with Crippen molar-refractivity contribution in [2.45, 2.75) is 39.7 Å². The van der Waals surface area contributed by atoms with Crippen molar-refractivity contribution in [3.63, 3.8) is 0 Å². The fraction of sp³-hybridized carbons (Fsp3) is 0.625. The van der Waals surface area contributed by atoms with Crippen molar-refractivity contribution in [1.29, 1.82) is 0 Å². The summed E-state index contributed by atoms with van der Waals surface area (Å²) in [5, 5.41) is 11.4. The lowest BCUT2D eigenvalue weighted by Crippen LogP contribution is -2.38. The zero-order valence-corrected chi connectivity index (χ0v) is 13.4. The highest BCUT2D eigenvalue weighted by molar-refractivity contribution is 7.09. The fourth-order valence-corrected chi connectivity index (χ4v) is 3.91. The van der Waals surface area contributed by atoms with E-state index in [0.717, 1.165) is 11.3 Å². The van der Waals surface area contributed by atoms with Gasteiger partial charge in [-0.25, -0.2) is 0 Å². The monoisotopic (exact) mass is 309 g/mol. The maximum absolute atomic E-state index is 12.7. The van der Waals surface area contributed by atoms with Gasteiger partial charge in [0.2, 0.25) is 5.91 Å². The van der Waals surface area contributed by atoms with E-state index < -0.39 is 11.9 Å². The number of thiophene rings is 1. The smallest absolute Gasteiger partial charge is 0.307 e. The molecule has 3 atom stereocenters. The highest BCUT2D eigenvalue weighted by atomic mass is 32.1. The summed E-state index contributed by atoms with van der Waals surface area (Å²) < 4.78 is 0. The molecule has 1 aromatic rings. The van der Waals surface area contributed by atoms with E-state index in [0.29, 0.717) is 31.8 Å². The molecule has 1 aromatic heterocycles. The number of carbonyl (C=O) groups is 2. The van der Waals surface area contributed by atoms with Crippen molar-refractivity contribution in [1.82, 2.24) is 4.90 Å². The number of carboxylic acid groups (broad SMARTS) is 1. The van der Waals surface area contributed by atoms with Crippen molar-refractivity contribution >= 4 is 23.2 Å². The average Bonchev–Trinajstić information content (AvgIpc) is 3.12. The van der Waals surface area contributed by atoms with Crippen molar-refractivity contribution in [3.8, 4) is 0 Å². The summed E-state index contributed by atoms with van der Waals surface area (Å²) in [7, 11) is 0. The first kappa shape index (κ1) is 16.0. The minimum atomic E-state index is -0.823. The van der Waals surface area contributed by atoms with Crippen molar-refractivity contribution in [2.24, 2.45) is 17.8 Å². The lowest BCUT2D eigenvalue weighted by molar-refractivity contribution is -0.149. The van der Waals surface area contributed by atoms with Crippen molar-refractivity contribution < 1.29 is 14.7 Å². The molecule has 0 bridgehead atoms. The van der Waals surface area contributed by atoms with Crippen LogP contribution in [-0.4, -0.2) is 28.4 Å². The molecule has 0 radical (unpaired) electrons. The van der Waals surface area contributed by atoms with E-state index in [1.807, 2.05) is 24.4 Å². The largest absolute Gasteiger partial charge is 0.481 e. The van der Waals surface area contributed by atoms with E-state index in [-0.39, 0.29) is 11.8 Å². The van der Waals surface area contributed by atoms with Gasteiger partial charge in [0.1, 0.15) is 0 Å². The van der Waals surface area contributed by atoms with E-state index in [1.165, 1.54) is 0 Å². The van der Waals surface area contributed by atoms with Gasteiger partial charge in [0, 0.05) is 11.4 Å². The molecule has 0 aliphatic heterocycles. The van der Waals surface area contributed by atoms with Crippen LogP contribution in [0.15, 0.2) is 17.5 Å². The predicted octanol–water partition coefficient (Wildman–Crippen LogP) is 3.23. The number of hydrogen-bond acceptors (Lipinski definition) is 3. The van der Waals surface area contributed by atoms with Gasteiger partial charge in [-0.2, -0.15) is 0 Å². The summed E-state index contributed by atoms with van der Waals surface area (Å²) in [6, 6.07) is 3.99. The molecule has 4 nitrogen and oxygen atoms in total. The van der Waals surface area contributed by atoms with Crippen LogP contribution in [0, 0.1) is 17.8 Å². The Hall–Kier alpha value is -1.36. The molecular weight excluding hydrogens is 286 g/mol. The second-order valence-electron chi connectivity index (χ2n) is 5.73. The van der Waals surface area contributed by atoms with E-state index >= 15 is 0 Å². The minimum absolute atomic E-state index is 0.00856. The third-order valence-corrected chi connectivity index (χ3v) is 5.35. The fourth-order valence-electron chi connectivity index (χ4n) is 3.19. The van der Waals surface area contributed by atoms with E-state index in [1.54, 1.807) is 16.2 Å². The molecule has 1 saturated carbocycles. The van der Waals surface area contributed by atoms with Gasteiger partial charge in [-0.1, -0.05) is 19.4 Å². The Kier molecular flexibility index (Phi) is 5.39. The maximum Gasteiger partial charge on any atom is 0.307 e. The first-order chi connectivity index (χ1) is 10.1. The normalized spacial score (nSPS) is 25.0. The molecule has 5 heteroatoms. The summed E-state index contributed by atoms with van der Waals surface area (Å²) in [6.07, 6.45) is 2.30. The minimum Gasteiger partial charge on any atom is -0.481 e. The number of amides is 1. The van der Waals surface area contributed by atoms with Crippen LogP contribution >= 0.6 is 11.3 Å². The lowest BCUT2D eigenvalue weighted by atomic mass is 9.94. The van der Waals surface area contributed by atoms with Crippen LogP contribution in [0.3, 0.4) is 0 Å². The SMILES string of the molecule is CCC1CC(C(=O)O)C(C(=O)N(CC)Cc2cccs2)C1. The first-order valence-electron chi connectivity index (χ1n) is 7.60. The Morgan fingerprint density at radius 1 is 1.33 bits per heavy atom. The molecule has 116 valence electrons. The van der Waals surface area contributed by atoms with E-state index in [4.69, 9.17) is 0 Å². The second kappa shape index (κ2) is 7.07. The molecule has 1 aliphatic carbocycles. The highest BCUT2D eigenvalue weighted by Crippen LogP contribution is 2.39. The number of aliphatic carboxylic acids is 1. The number of nitrogens with zero attached hydrogens (tertiary/aromatic N) is 1. The molecule has 21 heavy (non-hydrogen) atoms. The summed E-state index contributed by atoms with van der Waals surface area (Å²) in [6.45, 7) is 5.23. The van der Waals surface area contributed by atoms with Gasteiger partial charge in [0.05, 0.1) is 18.4 Å². The molecule has 0 aromatic carbocycles.